The number of H-pyrrole nitrogens is 1. The van der Waals surface area contributed by atoms with Gasteiger partial charge in [0.2, 0.25) is 0 Å². The summed E-state index contributed by atoms with van der Waals surface area (Å²) in [7, 11) is 1.31. The smallest absolute Gasteiger partial charge is 0.305 e. The standard InChI is InChI=1S/C13H13BrN2O3.C3H5N/c1-7-15-10-6-8(5-9(14)13(10)16-7)11(17)3-4-12(18)19-2;1-2-3-4/h5-6H,3-4H2,1-2H3,(H,15,16);2H2,1H3. The van der Waals surface area contributed by atoms with Crippen molar-refractivity contribution in [2.45, 2.75) is 33.1 Å². The highest BCUT2D eigenvalue weighted by molar-refractivity contribution is 9.10. The SMILES string of the molecule is CCC#N.COC(=O)CCC(=O)c1cc(Br)c2nc(C)[nH]c2c1. The molecule has 1 N–H and O–H groups in total. The number of ether oxygens (including phenoxy) is 1. The third kappa shape index (κ3) is 5.49. The Kier molecular flexibility index (Phi) is 7.42. The predicted octanol–water partition coefficient (Wildman–Crippen LogP) is 3.69. The van der Waals surface area contributed by atoms with Crippen LogP contribution in [0.15, 0.2) is 16.6 Å². The molecule has 1 aromatic heterocycles. The first-order chi connectivity index (χ1) is 10.9. The zero-order valence-corrected chi connectivity index (χ0v) is 14.9. The maximum atomic E-state index is 12.0. The van der Waals surface area contributed by atoms with E-state index >= 15 is 0 Å². The maximum absolute atomic E-state index is 12.0. The fraction of sp³-hybridized carbons (Fsp3) is 0.375. The van der Waals surface area contributed by atoms with Gasteiger partial charge in [0.25, 0.3) is 0 Å². The van der Waals surface area contributed by atoms with Gasteiger partial charge >= 0.3 is 5.97 Å². The lowest BCUT2D eigenvalue weighted by Crippen LogP contribution is -2.06. The van der Waals surface area contributed by atoms with Crippen LogP contribution in [0.4, 0.5) is 0 Å². The third-order valence-corrected chi connectivity index (χ3v) is 3.53. The van der Waals surface area contributed by atoms with E-state index in [-0.39, 0.29) is 24.6 Å². The van der Waals surface area contributed by atoms with Gasteiger partial charge < -0.3 is 9.72 Å². The van der Waals surface area contributed by atoms with Crippen LogP contribution in [0, 0.1) is 18.3 Å². The molecule has 0 radical (unpaired) electrons. The van der Waals surface area contributed by atoms with E-state index in [0.29, 0.717) is 12.0 Å². The van der Waals surface area contributed by atoms with Gasteiger partial charge in [-0.2, -0.15) is 5.26 Å². The Bertz CT molecular complexity index is 747. The van der Waals surface area contributed by atoms with Gasteiger partial charge in [0.15, 0.2) is 5.78 Å². The van der Waals surface area contributed by atoms with E-state index in [1.54, 1.807) is 12.1 Å². The number of Topliss-reactive ketones (excluding diaryl/α,β-unsaturated/α-hetero) is 1. The highest BCUT2D eigenvalue weighted by atomic mass is 79.9. The molecular formula is C16H18BrN3O3. The van der Waals surface area contributed by atoms with Crippen LogP contribution >= 0.6 is 15.9 Å². The number of aromatic nitrogens is 2. The number of rotatable bonds is 4. The largest absolute Gasteiger partial charge is 0.469 e. The van der Waals surface area contributed by atoms with Gasteiger partial charge in [-0.25, -0.2) is 4.98 Å². The van der Waals surface area contributed by atoms with Crippen molar-refractivity contribution in [3.63, 3.8) is 0 Å². The molecule has 0 fully saturated rings. The molecule has 7 heteroatoms. The number of aromatic amines is 1. The molecule has 2 rings (SSSR count). The summed E-state index contributed by atoms with van der Waals surface area (Å²) in [5.74, 6) is 0.306. The number of fused-ring (bicyclic) bond motifs is 1. The number of hydrogen-bond acceptors (Lipinski definition) is 5. The number of halogens is 1. The normalized spacial score (nSPS) is 9.70. The van der Waals surface area contributed by atoms with Gasteiger partial charge in [-0.3, -0.25) is 9.59 Å². The molecule has 6 nitrogen and oxygen atoms in total. The third-order valence-electron chi connectivity index (χ3n) is 2.92. The molecule has 1 heterocycles. The summed E-state index contributed by atoms with van der Waals surface area (Å²) >= 11 is 3.40. The fourth-order valence-corrected chi connectivity index (χ4v) is 2.37. The number of aryl methyl sites for hydroxylation is 1. The van der Waals surface area contributed by atoms with Crippen LogP contribution in [0.3, 0.4) is 0 Å². The molecular weight excluding hydrogens is 362 g/mol. The average Bonchev–Trinajstić information content (AvgIpc) is 2.93. The van der Waals surface area contributed by atoms with Gasteiger partial charge in [-0.15, -0.1) is 0 Å². The van der Waals surface area contributed by atoms with Crippen molar-refractivity contribution >= 4 is 38.7 Å². The first-order valence-corrected chi connectivity index (χ1v) is 7.85. The van der Waals surface area contributed by atoms with Crippen LogP contribution in [0.1, 0.15) is 42.4 Å². The Morgan fingerprint density at radius 1 is 1.39 bits per heavy atom. The predicted molar refractivity (Wildman–Crippen MR) is 90.0 cm³/mol. The molecule has 0 aliphatic rings. The van der Waals surface area contributed by atoms with Crippen LogP contribution in [0.25, 0.3) is 11.0 Å². The van der Waals surface area contributed by atoms with Crippen molar-refractivity contribution in [2.75, 3.05) is 7.11 Å². The summed E-state index contributed by atoms with van der Waals surface area (Å²) in [6.45, 7) is 3.67. The van der Waals surface area contributed by atoms with Gasteiger partial charge in [-0.05, 0) is 35.0 Å². The number of esters is 1. The van der Waals surface area contributed by atoms with Crippen molar-refractivity contribution in [2.24, 2.45) is 0 Å². The molecule has 1 aromatic carbocycles. The molecule has 0 amide bonds. The highest BCUT2D eigenvalue weighted by Crippen LogP contribution is 2.25. The number of nitrogens with zero attached hydrogens (tertiary/aromatic N) is 2. The quantitative estimate of drug-likeness (QED) is 0.645. The summed E-state index contributed by atoms with van der Waals surface area (Å²) in [6.07, 6.45) is 0.852. The maximum Gasteiger partial charge on any atom is 0.305 e. The number of carbonyl (C=O) groups excluding carboxylic acids is 2. The number of ketones is 1. The van der Waals surface area contributed by atoms with E-state index < -0.39 is 0 Å². The number of nitrogens with one attached hydrogen (secondary N) is 1. The minimum Gasteiger partial charge on any atom is -0.469 e. The van der Waals surface area contributed by atoms with Crippen molar-refractivity contribution in [3.05, 3.63) is 28.0 Å². The summed E-state index contributed by atoms with van der Waals surface area (Å²) in [5.41, 5.74) is 2.14. The van der Waals surface area contributed by atoms with Gasteiger partial charge in [0, 0.05) is 22.9 Å². The first kappa shape index (κ1) is 18.8. The molecule has 0 atom stereocenters. The fourth-order valence-electron chi connectivity index (χ4n) is 1.82. The van der Waals surface area contributed by atoms with Crippen molar-refractivity contribution in [1.82, 2.24) is 9.97 Å². The summed E-state index contributed by atoms with van der Waals surface area (Å²) in [5, 5.41) is 7.62. The number of hydrogen-bond donors (Lipinski definition) is 1. The Morgan fingerprint density at radius 3 is 2.61 bits per heavy atom. The molecule has 2 aromatic rings. The molecule has 0 unspecified atom stereocenters. The van der Waals surface area contributed by atoms with E-state index in [1.165, 1.54) is 7.11 Å². The van der Waals surface area contributed by atoms with Crippen molar-refractivity contribution in [3.8, 4) is 6.07 Å². The van der Waals surface area contributed by atoms with E-state index in [2.05, 4.69) is 30.6 Å². The molecule has 0 bridgehead atoms. The monoisotopic (exact) mass is 379 g/mol. The average molecular weight is 380 g/mol. The zero-order valence-electron chi connectivity index (χ0n) is 13.3. The molecule has 0 saturated carbocycles. The van der Waals surface area contributed by atoms with E-state index in [1.807, 2.05) is 19.9 Å². The first-order valence-electron chi connectivity index (χ1n) is 7.05. The summed E-state index contributed by atoms with van der Waals surface area (Å²) in [6, 6.07) is 5.40. The summed E-state index contributed by atoms with van der Waals surface area (Å²) < 4.78 is 5.28. The molecule has 0 aliphatic heterocycles. The Morgan fingerprint density at radius 2 is 2.04 bits per heavy atom. The Labute approximate surface area is 143 Å². The Hall–Kier alpha value is -2.20. The lowest BCUT2D eigenvalue weighted by Gasteiger charge is -2.02. The van der Waals surface area contributed by atoms with E-state index in [0.717, 1.165) is 21.3 Å². The van der Waals surface area contributed by atoms with Crippen LogP contribution in [0.5, 0.6) is 0 Å². The second kappa shape index (κ2) is 9.06. The van der Waals surface area contributed by atoms with Crippen LogP contribution in [0.2, 0.25) is 0 Å². The highest BCUT2D eigenvalue weighted by Gasteiger charge is 2.13. The number of carbonyl (C=O) groups is 2. The zero-order chi connectivity index (χ0) is 17.4. The molecule has 23 heavy (non-hydrogen) atoms. The van der Waals surface area contributed by atoms with Gasteiger partial charge in [0.05, 0.1) is 25.1 Å². The van der Waals surface area contributed by atoms with Crippen molar-refractivity contribution in [1.29, 1.82) is 5.26 Å². The molecule has 122 valence electrons. The topological polar surface area (TPSA) is 95.8 Å². The van der Waals surface area contributed by atoms with Crippen LogP contribution in [-0.4, -0.2) is 28.8 Å². The lowest BCUT2D eigenvalue weighted by atomic mass is 10.1. The molecule has 0 saturated heterocycles. The number of nitriles is 1. The summed E-state index contributed by atoms with van der Waals surface area (Å²) in [4.78, 5) is 30.4. The number of imidazole rings is 1. The molecule has 0 spiro atoms. The second-order valence-electron chi connectivity index (χ2n) is 4.69. The van der Waals surface area contributed by atoms with Crippen LogP contribution in [-0.2, 0) is 9.53 Å². The Balaban J connectivity index is 0.000000593. The van der Waals surface area contributed by atoms with Crippen molar-refractivity contribution < 1.29 is 14.3 Å². The van der Waals surface area contributed by atoms with Gasteiger partial charge in [0.1, 0.15) is 11.3 Å². The lowest BCUT2D eigenvalue weighted by molar-refractivity contribution is -0.140. The second-order valence-corrected chi connectivity index (χ2v) is 5.54. The molecule has 0 aliphatic carbocycles. The van der Waals surface area contributed by atoms with Gasteiger partial charge in [-0.1, -0.05) is 6.92 Å². The number of methoxy groups -OCH3 is 1. The van der Waals surface area contributed by atoms with E-state index in [9.17, 15) is 9.59 Å². The minimum atomic E-state index is -0.383. The van der Waals surface area contributed by atoms with Crippen LogP contribution < -0.4 is 0 Å². The number of benzene rings is 1. The minimum absolute atomic E-state index is 0.0903. The van der Waals surface area contributed by atoms with E-state index in [4.69, 9.17) is 5.26 Å².